The topological polar surface area (TPSA) is 32.3 Å². The van der Waals surface area contributed by atoms with Crippen LogP contribution in [-0.2, 0) is 4.79 Å². The van der Waals surface area contributed by atoms with Gasteiger partial charge in [-0.1, -0.05) is 34.1 Å². The molecule has 1 rings (SSSR count). The molecule has 3 nitrogen and oxygen atoms in total. The molecule has 0 radical (unpaired) electrons. The summed E-state index contributed by atoms with van der Waals surface area (Å²) in [4.78, 5) is 14.2. The average molecular weight is 254 g/mol. The molecular formula is C15H30N2O. The van der Waals surface area contributed by atoms with Gasteiger partial charge >= 0.3 is 0 Å². The standard InChI is InChI=1S/C15H30N2O/c1-5-8-16-14-7-9-17(11-13(14)6-2)15(18)10-12(3)4/h12-14,16H,5-11H2,1-4H3. The first-order valence-electron chi connectivity index (χ1n) is 7.59. The largest absolute Gasteiger partial charge is 0.342 e. The summed E-state index contributed by atoms with van der Waals surface area (Å²) in [6, 6.07) is 0.609. The highest BCUT2D eigenvalue weighted by Crippen LogP contribution is 2.21. The van der Waals surface area contributed by atoms with E-state index in [0.29, 0.717) is 30.2 Å². The normalized spacial score (nSPS) is 24.6. The Balaban J connectivity index is 2.47. The van der Waals surface area contributed by atoms with Gasteiger partial charge in [-0.05, 0) is 31.2 Å². The molecule has 1 aliphatic heterocycles. The summed E-state index contributed by atoms with van der Waals surface area (Å²) in [7, 11) is 0. The lowest BCUT2D eigenvalue weighted by atomic mass is 9.89. The van der Waals surface area contributed by atoms with Crippen LogP contribution in [0.3, 0.4) is 0 Å². The van der Waals surface area contributed by atoms with Crippen molar-refractivity contribution in [3.63, 3.8) is 0 Å². The van der Waals surface area contributed by atoms with Gasteiger partial charge in [0.15, 0.2) is 0 Å². The predicted octanol–water partition coefficient (Wildman–Crippen LogP) is 2.66. The minimum Gasteiger partial charge on any atom is -0.342 e. The summed E-state index contributed by atoms with van der Waals surface area (Å²) in [5, 5.41) is 3.63. The smallest absolute Gasteiger partial charge is 0.222 e. The second-order valence-corrected chi connectivity index (χ2v) is 5.96. The van der Waals surface area contributed by atoms with Gasteiger partial charge in [0.1, 0.15) is 0 Å². The first-order chi connectivity index (χ1) is 8.58. The van der Waals surface area contributed by atoms with Crippen molar-refractivity contribution in [1.82, 2.24) is 10.2 Å². The monoisotopic (exact) mass is 254 g/mol. The molecule has 0 aromatic heterocycles. The third-order valence-electron chi connectivity index (χ3n) is 3.85. The number of nitrogens with one attached hydrogen (secondary N) is 1. The van der Waals surface area contributed by atoms with Gasteiger partial charge in [-0.15, -0.1) is 0 Å². The third kappa shape index (κ3) is 4.60. The molecule has 0 aromatic carbocycles. The lowest BCUT2D eigenvalue weighted by Gasteiger charge is -2.39. The van der Waals surface area contributed by atoms with E-state index in [0.717, 1.165) is 32.5 Å². The summed E-state index contributed by atoms with van der Waals surface area (Å²) in [6.07, 6.45) is 4.15. The van der Waals surface area contributed by atoms with Crippen LogP contribution in [0, 0.1) is 11.8 Å². The Morgan fingerprint density at radius 1 is 1.39 bits per heavy atom. The van der Waals surface area contributed by atoms with Gasteiger partial charge in [-0.2, -0.15) is 0 Å². The molecule has 1 fully saturated rings. The zero-order valence-electron chi connectivity index (χ0n) is 12.5. The molecule has 0 bridgehead atoms. The Morgan fingerprint density at radius 2 is 2.11 bits per heavy atom. The van der Waals surface area contributed by atoms with Crippen LogP contribution >= 0.6 is 0 Å². The summed E-state index contributed by atoms with van der Waals surface area (Å²) in [5.41, 5.74) is 0. The molecule has 0 spiro atoms. The van der Waals surface area contributed by atoms with Crippen molar-refractivity contribution >= 4 is 5.91 Å². The van der Waals surface area contributed by atoms with Crippen molar-refractivity contribution < 1.29 is 4.79 Å². The van der Waals surface area contributed by atoms with Gasteiger partial charge in [0, 0.05) is 25.6 Å². The van der Waals surface area contributed by atoms with Crippen LogP contribution in [0.1, 0.15) is 53.4 Å². The van der Waals surface area contributed by atoms with E-state index in [2.05, 4.69) is 37.9 Å². The molecule has 1 saturated heterocycles. The molecule has 2 atom stereocenters. The fourth-order valence-electron chi connectivity index (χ4n) is 2.75. The molecule has 0 aliphatic carbocycles. The minimum atomic E-state index is 0.345. The van der Waals surface area contributed by atoms with Gasteiger partial charge in [0.2, 0.25) is 5.91 Å². The maximum absolute atomic E-state index is 12.1. The van der Waals surface area contributed by atoms with E-state index in [1.54, 1.807) is 0 Å². The van der Waals surface area contributed by atoms with Crippen LogP contribution in [0.15, 0.2) is 0 Å². The molecule has 1 aliphatic rings. The second-order valence-electron chi connectivity index (χ2n) is 5.96. The highest BCUT2D eigenvalue weighted by molar-refractivity contribution is 5.76. The van der Waals surface area contributed by atoms with Crippen LogP contribution in [-0.4, -0.2) is 36.5 Å². The van der Waals surface area contributed by atoms with Crippen LogP contribution < -0.4 is 5.32 Å². The van der Waals surface area contributed by atoms with E-state index >= 15 is 0 Å². The van der Waals surface area contributed by atoms with Crippen molar-refractivity contribution in [2.75, 3.05) is 19.6 Å². The molecule has 18 heavy (non-hydrogen) atoms. The first kappa shape index (κ1) is 15.5. The Morgan fingerprint density at radius 3 is 2.67 bits per heavy atom. The predicted molar refractivity (Wildman–Crippen MR) is 76.5 cm³/mol. The number of hydrogen-bond donors (Lipinski definition) is 1. The minimum absolute atomic E-state index is 0.345. The number of piperidine rings is 1. The second kappa shape index (κ2) is 7.78. The molecular weight excluding hydrogens is 224 g/mol. The van der Waals surface area contributed by atoms with Crippen molar-refractivity contribution in [3.8, 4) is 0 Å². The van der Waals surface area contributed by atoms with E-state index in [9.17, 15) is 4.79 Å². The number of nitrogens with zero attached hydrogens (tertiary/aromatic N) is 1. The van der Waals surface area contributed by atoms with Crippen molar-refractivity contribution in [3.05, 3.63) is 0 Å². The maximum Gasteiger partial charge on any atom is 0.222 e. The molecule has 1 N–H and O–H groups in total. The van der Waals surface area contributed by atoms with Crippen LogP contribution in [0.2, 0.25) is 0 Å². The fraction of sp³-hybridized carbons (Fsp3) is 0.933. The van der Waals surface area contributed by atoms with Gasteiger partial charge in [-0.3, -0.25) is 4.79 Å². The van der Waals surface area contributed by atoms with E-state index in [4.69, 9.17) is 0 Å². The zero-order valence-corrected chi connectivity index (χ0v) is 12.5. The molecule has 2 unspecified atom stereocenters. The van der Waals surface area contributed by atoms with Crippen molar-refractivity contribution in [2.45, 2.75) is 59.4 Å². The SMILES string of the molecule is CCCNC1CCN(C(=O)CC(C)C)CC1CC. The lowest BCUT2D eigenvalue weighted by Crippen LogP contribution is -2.51. The Bertz CT molecular complexity index is 253. The van der Waals surface area contributed by atoms with Crippen LogP contribution in [0.4, 0.5) is 0 Å². The first-order valence-corrected chi connectivity index (χ1v) is 7.59. The summed E-state index contributed by atoms with van der Waals surface area (Å²) >= 11 is 0. The molecule has 3 heteroatoms. The zero-order chi connectivity index (χ0) is 13.5. The molecule has 0 aromatic rings. The summed E-state index contributed by atoms with van der Waals surface area (Å²) < 4.78 is 0. The Kier molecular flexibility index (Phi) is 6.69. The highest BCUT2D eigenvalue weighted by Gasteiger charge is 2.29. The van der Waals surface area contributed by atoms with Crippen molar-refractivity contribution in [1.29, 1.82) is 0 Å². The van der Waals surface area contributed by atoms with E-state index in [1.165, 1.54) is 6.42 Å². The lowest BCUT2D eigenvalue weighted by molar-refractivity contribution is -0.134. The van der Waals surface area contributed by atoms with Gasteiger partial charge in [-0.25, -0.2) is 0 Å². The maximum atomic E-state index is 12.1. The number of rotatable bonds is 6. The summed E-state index contributed by atoms with van der Waals surface area (Å²) in [5.74, 6) is 1.44. The van der Waals surface area contributed by atoms with E-state index in [1.807, 2.05) is 0 Å². The number of hydrogen-bond acceptors (Lipinski definition) is 2. The van der Waals surface area contributed by atoms with E-state index < -0.39 is 0 Å². The van der Waals surface area contributed by atoms with Crippen molar-refractivity contribution in [2.24, 2.45) is 11.8 Å². The van der Waals surface area contributed by atoms with Gasteiger partial charge < -0.3 is 10.2 Å². The van der Waals surface area contributed by atoms with Crippen LogP contribution in [0.5, 0.6) is 0 Å². The number of likely N-dealkylation sites (tertiary alicyclic amines) is 1. The molecule has 106 valence electrons. The third-order valence-corrected chi connectivity index (χ3v) is 3.85. The molecule has 1 heterocycles. The number of carbonyl (C=O) groups is 1. The Hall–Kier alpha value is -0.570. The summed E-state index contributed by atoms with van der Waals surface area (Å²) in [6.45, 7) is 11.7. The van der Waals surface area contributed by atoms with Crippen LogP contribution in [0.25, 0.3) is 0 Å². The molecule has 1 amide bonds. The Labute approximate surface area is 112 Å². The fourth-order valence-corrected chi connectivity index (χ4v) is 2.75. The number of amides is 1. The number of carbonyl (C=O) groups excluding carboxylic acids is 1. The van der Waals surface area contributed by atoms with Gasteiger partial charge in [0.05, 0.1) is 0 Å². The quantitative estimate of drug-likeness (QED) is 0.790. The average Bonchev–Trinajstić information content (AvgIpc) is 2.35. The highest BCUT2D eigenvalue weighted by atomic mass is 16.2. The van der Waals surface area contributed by atoms with Gasteiger partial charge in [0.25, 0.3) is 0 Å². The van der Waals surface area contributed by atoms with E-state index in [-0.39, 0.29) is 0 Å². The molecule has 0 saturated carbocycles.